The van der Waals surface area contributed by atoms with Crippen LogP contribution in [-0.2, 0) is 21.5 Å². The van der Waals surface area contributed by atoms with Gasteiger partial charge in [0.1, 0.15) is 0 Å². The summed E-state index contributed by atoms with van der Waals surface area (Å²) in [6.45, 7) is 0.413. The van der Waals surface area contributed by atoms with Crippen molar-refractivity contribution in [2.45, 2.75) is 24.3 Å². The van der Waals surface area contributed by atoms with E-state index in [0.29, 0.717) is 16.5 Å². The maximum atomic E-state index is 11.2. The zero-order chi connectivity index (χ0) is 25.4. The summed E-state index contributed by atoms with van der Waals surface area (Å²) in [5.74, 6) is -1.22. The van der Waals surface area contributed by atoms with Crippen LogP contribution < -0.4 is 44.1 Å². The smallest absolute Gasteiger partial charge is 0.748 e. The van der Waals surface area contributed by atoms with E-state index in [9.17, 15) is 22.9 Å². The molecule has 0 fully saturated rings. The molecule has 0 atom stereocenters. The first-order valence-electron chi connectivity index (χ1n) is 11.1. The maximum absolute atomic E-state index is 11.2. The maximum Gasteiger partial charge on any atom is 1.00 e. The first kappa shape index (κ1) is 28.0. The molecule has 1 aliphatic rings. The quantitative estimate of drug-likeness (QED) is 0.172. The molecular weight excluding hydrogens is 547 g/mol. The summed E-state index contributed by atoms with van der Waals surface area (Å²) in [5.41, 5.74) is 2.18. The van der Waals surface area contributed by atoms with Gasteiger partial charge < -0.3 is 23.8 Å². The summed E-state index contributed by atoms with van der Waals surface area (Å²) in [4.78, 5) is 14.0. The van der Waals surface area contributed by atoms with Gasteiger partial charge in [0, 0.05) is 41.0 Å². The monoisotopic (exact) mass is 566 g/mol. The van der Waals surface area contributed by atoms with E-state index in [4.69, 9.17) is 16.0 Å². The average molecular weight is 567 g/mol. The van der Waals surface area contributed by atoms with E-state index in [0.717, 1.165) is 31.9 Å². The molecule has 0 N–H and O–H groups in total. The van der Waals surface area contributed by atoms with Crippen molar-refractivity contribution in [2.75, 3.05) is 17.2 Å². The number of hydrogen-bond acceptors (Lipinski definition) is 8. The predicted octanol–water partition coefficient (Wildman–Crippen LogP) is 0.517. The van der Waals surface area contributed by atoms with Crippen LogP contribution in [-0.4, -0.2) is 31.2 Å². The van der Waals surface area contributed by atoms with Gasteiger partial charge in [-0.15, -0.1) is 0 Å². The molecule has 4 aromatic rings. The van der Waals surface area contributed by atoms with Gasteiger partial charge in [-0.1, -0.05) is 47.6 Å². The number of carbonyl (C=O) groups is 1. The molecule has 0 unspecified atom stereocenters. The molecule has 37 heavy (non-hydrogen) atoms. The number of aliphatic carboxylic acids is 1. The van der Waals surface area contributed by atoms with Gasteiger partial charge in [-0.05, 0) is 35.7 Å². The molecule has 1 aliphatic heterocycles. The first-order valence-corrected chi connectivity index (χ1v) is 13.9. The van der Waals surface area contributed by atoms with E-state index in [1.807, 2.05) is 51.9 Å². The minimum absolute atomic E-state index is 0. The molecule has 0 saturated carbocycles. The van der Waals surface area contributed by atoms with Crippen molar-refractivity contribution < 1.29 is 61.4 Å². The van der Waals surface area contributed by atoms with Crippen molar-refractivity contribution in [1.82, 2.24) is 0 Å². The van der Waals surface area contributed by atoms with Crippen LogP contribution in [0.2, 0.25) is 5.02 Å². The molecule has 0 aliphatic carbocycles. The Morgan fingerprint density at radius 1 is 1.16 bits per heavy atom. The Morgan fingerprint density at radius 3 is 2.70 bits per heavy atom. The SMILES string of the molecule is O=C([O-])CCN1C(=Cc2oc3ccc4ccccc4c3[n+]2CCCS(=O)(=O)[O-])Sc2ccc(Cl)cc21.[Na+]. The number of thioether (sulfide) groups is 1. The largest absolute Gasteiger partial charge is 1.00 e. The fourth-order valence-corrected chi connectivity index (χ4v) is 6.07. The molecule has 3 aromatic carbocycles. The number of halogens is 1. The van der Waals surface area contributed by atoms with E-state index in [1.54, 1.807) is 18.2 Å². The van der Waals surface area contributed by atoms with Crippen molar-refractivity contribution in [2.24, 2.45) is 0 Å². The second kappa shape index (κ2) is 11.4. The third kappa shape index (κ3) is 6.17. The second-order valence-electron chi connectivity index (χ2n) is 8.31. The molecule has 5 rings (SSSR count). The Bertz CT molecular complexity index is 1640. The number of carboxylic acid groups (broad SMARTS) is 1. The number of nitrogens with zero attached hydrogens (tertiary/aromatic N) is 2. The zero-order valence-electron chi connectivity index (χ0n) is 19.8. The fourth-order valence-electron chi connectivity index (χ4n) is 4.32. The third-order valence-electron chi connectivity index (χ3n) is 5.87. The molecule has 0 bridgehead atoms. The summed E-state index contributed by atoms with van der Waals surface area (Å²) >= 11 is 7.65. The topological polar surface area (TPSA) is 118 Å². The number of aromatic nitrogens is 1. The molecule has 2 heterocycles. The normalized spacial score (nSPS) is 14.3. The molecule has 186 valence electrons. The Morgan fingerprint density at radius 2 is 1.95 bits per heavy atom. The number of rotatable bonds is 8. The first-order chi connectivity index (χ1) is 17.2. The van der Waals surface area contributed by atoms with Crippen LogP contribution in [0.5, 0.6) is 0 Å². The van der Waals surface area contributed by atoms with Crippen LogP contribution in [0.1, 0.15) is 18.7 Å². The Kier molecular flexibility index (Phi) is 8.59. The molecule has 1 aromatic heterocycles. The van der Waals surface area contributed by atoms with Crippen molar-refractivity contribution in [3.63, 3.8) is 0 Å². The number of hydrogen-bond donors (Lipinski definition) is 0. The van der Waals surface area contributed by atoms with Gasteiger partial charge in [-0.25, -0.2) is 8.42 Å². The molecule has 0 spiro atoms. The van der Waals surface area contributed by atoms with Gasteiger partial charge in [0.2, 0.25) is 5.58 Å². The summed E-state index contributed by atoms with van der Waals surface area (Å²) in [6.07, 6.45) is 1.73. The van der Waals surface area contributed by atoms with E-state index < -0.39 is 21.8 Å². The van der Waals surface area contributed by atoms with Crippen LogP contribution in [0.15, 0.2) is 68.9 Å². The van der Waals surface area contributed by atoms with Gasteiger partial charge in [0.25, 0.3) is 5.52 Å². The summed E-state index contributed by atoms with van der Waals surface area (Å²) in [6, 6.07) is 17.0. The van der Waals surface area contributed by atoms with E-state index in [2.05, 4.69) is 0 Å². The van der Waals surface area contributed by atoms with Crippen LogP contribution in [0, 0.1) is 0 Å². The molecule has 0 amide bonds. The summed E-state index contributed by atoms with van der Waals surface area (Å²) in [7, 11) is -4.37. The molecule has 0 radical (unpaired) electrons. The average Bonchev–Trinajstić information content (AvgIpc) is 3.34. The Labute approximate surface area is 244 Å². The van der Waals surface area contributed by atoms with E-state index in [-0.39, 0.29) is 55.5 Å². The number of carbonyl (C=O) groups excluding carboxylic acids is 1. The number of carboxylic acids is 1. The fraction of sp³-hybridized carbons (Fsp3) is 0.200. The van der Waals surface area contributed by atoms with Crippen LogP contribution in [0.3, 0.4) is 0 Å². The standard InChI is InChI=1S/C25H21ClN2O6S2.Na/c26-17-7-9-21-19(14-17)27(12-10-24(29)30)23(35-21)15-22-28(11-3-13-36(31,32)33)25-18-5-2-1-4-16(18)6-8-20(25)34-22;/h1-2,4-9,14-15H,3,10-13H2,(H-,29,30,31,32,33);/q;+1/p-1. The van der Waals surface area contributed by atoms with Crippen molar-refractivity contribution in [3.8, 4) is 0 Å². The van der Waals surface area contributed by atoms with Gasteiger partial charge in [0.05, 0.1) is 32.3 Å². The van der Waals surface area contributed by atoms with Crippen molar-refractivity contribution in [3.05, 3.63) is 70.5 Å². The summed E-state index contributed by atoms with van der Waals surface area (Å²) in [5, 5.41) is 14.4. The third-order valence-corrected chi connectivity index (χ3v) is 8.01. The molecular formula is C25H20ClN2NaO6S2. The Hall–Kier alpha value is -2.05. The number of oxazole rings is 1. The summed E-state index contributed by atoms with van der Waals surface area (Å²) < 4.78 is 41.8. The zero-order valence-corrected chi connectivity index (χ0v) is 24.2. The minimum Gasteiger partial charge on any atom is -0.748 e. The molecule has 12 heteroatoms. The van der Waals surface area contributed by atoms with Gasteiger partial charge in [0.15, 0.2) is 6.54 Å². The van der Waals surface area contributed by atoms with Gasteiger partial charge in [-0.2, -0.15) is 4.57 Å². The van der Waals surface area contributed by atoms with Crippen LogP contribution >= 0.6 is 23.4 Å². The van der Waals surface area contributed by atoms with E-state index >= 15 is 0 Å². The van der Waals surface area contributed by atoms with Gasteiger partial charge >= 0.3 is 35.4 Å². The number of fused-ring (bicyclic) bond motifs is 4. The number of aryl methyl sites for hydroxylation is 1. The molecule has 8 nitrogen and oxygen atoms in total. The number of benzene rings is 3. The second-order valence-corrected chi connectivity index (χ2v) is 11.3. The molecule has 0 saturated heterocycles. The Balaban J connectivity index is 0.00000320. The predicted molar refractivity (Wildman–Crippen MR) is 135 cm³/mol. The van der Waals surface area contributed by atoms with Crippen LogP contribution in [0.4, 0.5) is 5.69 Å². The van der Waals surface area contributed by atoms with Crippen molar-refractivity contribution in [1.29, 1.82) is 0 Å². The van der Waals surface area contributed by atoms with Crippen LogP contribution in [0.25, 0.3) is 27.9 Å². The number of anilines is 1. The van der Waals surface area contributed by atoms with E-state index in [1.165, 1.54) is 11.8 Å². The van der Waals surface area contributed by atoms with Crippen molar-refractivity contribution >= 4 is 73.1 Å². The van der Waals surface area contributed by atoms with Gasteiger partial charge in [-0.3, -0.25) is 0 Å². The minimum atomic E-state index is -4.37.